The summed E-state index contributed by atoms with van der Waals surface area (Å²) in [6, 6.07) is 11.4. The van der Waals surface area contributed by atoms with Gasteiger partial charge in [-0.15, -0.1) is 0 Å². The molecular formula is C22H18ClFN4O3S. The Bertz CT molecular complexity index is 1280. The minimum Gasteiger partial charge on any atom is -0.325 e. The van der Waals surface area contributed by atoms with Crippen LogP contribution < -0.4 is 16.2 Å². The van der Waals surface area contributed by atoms with Crippen molar-refractivity contribution in [3.05, 3.63) is 80.3 Å². The van der Waals surface area contributed by atoms with E-state index in [1.165, 1.54) is 6.07 Å². The fourth-order valence-electron chi connectivity index (χ4n) is 3.37. The van der Waals surface area contributed by atoms with Gasteiger partial charge in [0.25, 0.3) is 5.56 Å². The van der Waals surface area contributed by atoms with E-state index in [9.17, 15) is 18.8 Å². The number of anilines is 2. The van der Waals surface area contributed by atoms with Crippen LogP contribution in [0, 0.1) is 12.7 Å². The van der Waals surface area contributed by atoms with E-state index >= 15 is 0 Å². The molecule has 1 aliphatic heterocycles. The van der Waals surface area contributed by atoms with Crippen molar-refractivity contribution in [2.75, 3.05) is 10.6 Å². The summed E-state index contributed by atoms with van der Waals surface area (Å²) in [5, 5.41) is 6.01. The van der Waals surface area contributed by atoms with Crippen molar-refractivity contribution in [1.29, 1.82) is 0 Å². The number of amides is 2. The number of hydrogen-bond acceptors (Lipinski definition) is 5. The fraction of sp³-hybridized carbons (Fsp3) is 0.182. The molecule has 0 aliphatic carbocycles. The number of carbonyl (C=O) groups is 2. The Labute approximate surface area is 191 Å². The minimum absolute atomic E-state index is 0.0315. The Kier molecular flexibility index (Phi) is 6.29. The molecule has 0 spiro atoms. The van der Waals surface area contributed by atoms with Crippen molar-refractivity contribution < 1.29 is 14.0 Å². The van der Waals surface area contributed by atoms with Crippen LogP contribution in [-0.4, -0.2) is 21.8 Å². The average Bonchev–Trinajstić information content (AvgIpc) is 2.75. The highest BCUT2D eigenvalue weighted by Crippen LogP contribution is 2.32. The maximum absolute atomic E-state index is 13.9. The van der Waals surface area contributed by atoms with Crippen LogP contribution >= 0.6 is 23.4 Å². The van der Waals surface area contributed by atoms with Gasteiger partial charge in [0.15, 0.2) is 5.16 Å². The molecule has 0 fully saturated rings. The smallest absolute Gasteiger partial charge is 0.257 e. The van der Waals surface area contributed by atoms with Gasteiger partial charge in [-0.3, -0.25) is 14.4 Å². The molecule has 164 valence electrons. The predicted molar refractivity (Wildman–Crippen MR) is 122 cm³/mol. The first kappa shape index (κ1) is 22.0. The van der Waals surface area contributed by atoms with Crippen molar-refractivity contribution in [3.63, 3.8) is 0 Å². The quantitative estimate of drug-likeness (QED) is 0.381. The van der Waals surface area contributed by atoms with Gasteiger partial charge in [-0.2, -0.15) is 0 Å². The van der Waals surface area contributed by atoms with E-state index in [-0.39, 0.29) is 34.5 Å². The predicted octanol–water partition coefficient (Wildman–Crippen LogP) is 4.23. The molecule has 0 bridgehead atoms. The topological polar surface area (TPSA) is 104 Å². The first-order valence-corrected chi connectivity index (χ1v) is 11.1. The van der Waals surface area contributed by atoms with Crippen LogP contribution in [0.3, 0.4) is 0 Å². The Morgan fingerprint density at radius 3 is 2.81 bits per heavy atom. The van der Waals surface area contributed by atoms with Gasteiger partial charge < -0.3 is 15.6 Å². The average molecular weight is 473 g/mol. The van der Waals surface area contributed by atoms with Crippen LogP contribution in [0.4, 0.5) is 15.9 Å². The third-order valence-corrected chi connectivity index (χ3v) is 6.43. The molecule has 0 saturated carbocycles. The lowest BCUT2D eigenvalue weighted by Crippen LogP contribution is -2.36. The van der Waals surface area contributed by atoms with E-state index < -0.39 is 23.3 Å². The molecule has 3 N–H and O–H groups in total. The molecule has 7 nitrogen and oxygen atoms in total. The van der Waals surface area contributed by atoms with E-state index in [2.05, 4.69) is 20.6 Å². The van der Waals surface area contributed by atoms with Crippen molar-refractivity contribution in [1.82, 2.24) is 9.97 Å². The number of carbonyl (C=O) groups excluding carboxylic acids is 2. The lowest BCUT2D eigenvalue weighted by Gasteiger charge is -2.24. The van der Waals surface area contributed by atoms with Crippen LogP contribution in [0.1, 0.15) is 29.0 Å². The molecule has 10 heteroatoms. The third-order valence-electron chi connectivity index (χ3n) is 5.09. The first-order valence-electron chi connectivity index (χ1n) is 9.69. The summed E-state index contributed by atoms with van der Waals surface area (Å²) in [5.74, 6) is -2.04. The van der Waals surface area contributed by atoms with Crippen LogP contribution in [0.5, 0.6) is 0 Å². The monoisotopic (exact) mass is 472 g/mol. The summed E-state index contributed by atoms with van der Waals surface area (Å²) in [4.78, 5) is 44.9. The standard InChI is InChI=1S/C22H18ClFN4O3S/c1-11-14(23)6-4-8-16(11)25-20(30)13-9-17(29)26-19-18(13)21(31)28-22(27-19)32-10-12-5-2-3-7-15(12)24/h2-8,13H,9-10H2,1H3,(H,25,30)(H2,26,27,28,29,31)/t13-/m0/s1. The number of rotatable bonds is 5. The van der Waals surface area contributed by atoms with Gasteiger partial charge in [0.1, 0.15) is 11.6 Å². The van der Waals surface area contributed by atoms with Gasteiger partial charge in [0.2, 0.25) is 11.8 Å². The zero-order valence-corrected chi connectivity index (χ0v) is 18.4. The third kappa shape index (κ3) is 4.53. The van der Waals surface area contributed by atoms with Crippen LogP contribution in [0.15, 0.2) is 52.4 Å². The van der Waals surface area contributed by atoms with Crippen molar-refractivity contribution in [3.8, 4) is 0 Å². The number of benzene rings is 2. The summed E-state index contributed by atoms with van der Waals surface area (Å²) in [6.07, 6.45) is -0.190. The number of fused-ring (bicyclic) bond motifs is 1. The number of nitrogens with one attached hydrogen (secondary N) is 3. The van der Waals surface area contributed by atoms with E-state index in [0.717, 1.165) is 11.8 Å². The van der Waals surface area contributed by atoms with Crippen LogP contribution in [0.2, 0.25) is 5.02 Å². The molecule has 1 atom stereocenters. The molecular weight excluding hydrogens is 455 g/mol. The maximum Gasteiger partial charge on any atom is 0.257 e. The molecule has 0 unspecified atom stereocenters. The lowest BCUT2D eigenvalue weighted by molar-refractivity contribution is -0.123. The lowest BCUT2D eigenvalue weighted by atomic mass is 9.92. The summed E-state index contributed by atoms with van der Waals surface area (Å²) >= 11 is 7.23. The number of aromatic amines is 1. The number of hydrogen-bond donors (Lipinski definition) is 3. The van der Waals surface area contributed by atoms with Crippen LogP contribution in [0.25, 0.3) is 0 Å². The molecule has 0 saturated heterocycles. The van der Waals surface area contributed by atoms with Gasteiger partial charge in [0, 0.05) is 22.9 Å². The van der Waals surface area contributed by atoms with Crippen molar-refractivity contribution >= 4 is 46.7 Å². The van der Waals surface area contributed by atoms with Gasteiger partial charge in [-0.25, -0.2) is 9.37 Å². The SMILES string of the molecule is Cc1c(Cl)cccc1NC(=O)[C@H]1CC(=O)Nc2nc(SCc3ccccc3F)[nH]c(=O)c21. The van der Waals surface area contributed by atoms with E-state index in [1.807, 2.05) is 0 Å². The molecule has 2 heterocycles. The molecule has 3 aromatic rings. The normalized spacial score (nSPS) is 15.1. The Morgan fingerprint density at radius 1 is 1.25 bits per heavy atom. The Hall–Kier alpha value is -3.17. The largest absolute Gasteiger partial charge is 0.325 e. The van der Waals surface area contributed by atoms with Gasteiger partial charge in [0.05, 0.1) is 11.5 Å². The first-order chi connectivity index (χ1) is 15.3. The van der Waals surface area contributed by atoms with E-state index in [1.54, 1.807) is 43.3 Å². The molecule has 32 heavy (non-hydrogen) atoms. The number of nitrogens with zero attached hydrogens (tertiary/aromatic N) is 1. The minimum atomic E-state index is -1.01. The zero-order valence-electron chi connectivity index (χ0n) is 16.9. The molecule has 1 aliphatic rings. The molecule has 0 radical (unpaired) electrons. The highest BCUT2D eigenvalue weighted by Gasteiger charge is 2.35. The summed E-state index contributed by atoms with van der Waals surface area (Å²) in [6.45, 7) is 1.76. The summed E-state index contributed by atoms with van der Waals surface area (Å²) in [7, 11) is 0. The van der Waals surface area contributed by atoms with E-state index in [0.29, 0.717) is 21.8 Å². The maximum atomic E-state index is 13.9. The van der Waals surface area contributed by atoms with E-state index in [4.69, 9.17) is 11.6 Å². The summed E-state index contributed by atoms with van der Waals surface area (Å²) < 4.78 is 13.9. The number of thioether (sulfide) groups is 1. The van der Waals surface area contributed by atoms with Gasteiger partial charge in [-0.1, -0.05) is 47.6 Å². The highest BCUT2D eigenvalue weighted by atomic mass is 35.5. The molecule has 1 aromatic heterocycles. The van der Waals surface area contributed by atoms with Gasteiger partial charge >= 0.3 is 0 Å². The number of halogens is 2. The summed E-state index contributed by atoms with van der Waals surface area (Å²) in [5.41, 5.74) is 1.17. The Morgan fingerprint density at radius 2 is 2.03 bits per heavy atom. The molecule has 2 aromatic carbocycles. The second-order valence-corrected chi connectivity index (χ2v) is 8.59. The molecule has 4 rings (SSSR count). The highest BCUT2D eigenvalue weighted by molar-refractivity contribution is 7.98. The zero-order chi connectivity index (χ0) is 22.8. The second kappa shape index (κ2) is 9.13. The van der Waals surface area contributed by atoms with Crippen molar-refractivity contribution in [2.24, 2.45) is 0 Å². The second-order valence-electron chi connectivity index (χ2n) is 7.22. The van der Waals surface area contributed by atoms with Crippen LogP contribution in [-0.2, 0) is 15.3 Å². The fourth-order valence-corrected chi connectivity index (χ4v) is 4.39. The number of aromatic nitrogens is 2. The van der Waals surface area contributed by atoms with Gasteiger partial charge in [-0.05, 0) is 36.2 Å². The van der Waals surface area contributed by atoms with Crippen molar-refractivity contribution in [2.45, 2.75) is 30.2 Å². The Balaban J connectivity index is 1.60. The number of H-pyrrole nitrogens is 1. The molecule has 2 amide bonds.